The van der Waals surface area contributed by atoms with E-state index < -0.39 is 11.9 Å². The summed E-state index contributed by atoms with van der Waals surface area (Å²) in [5.74, 6) is -1.58. The van der Waals surface area contributed by atoms with Crippen molar-refractivity contribution < 1.29 is 14.7 Å². The Kier molecular flexibility index (Phi) is 7.14. The number of carbonyl (C=O) groups is 2. The largest absolute Gasteiger partial charge is 0.481 e. The first kappa shape index (κ1) is 19.6. The highest BCUT2D eigenvalue weighted by Gasteiger charge is 2.28. The lowest BCUT2D eigenvalue weighted by molar-refractivity contribution is -0.146. The molecular weight excluding hydrogens is 358 g/mol. The average molecular weight is 380 g/mol. The van der Waals surface area contributed by atoms with Gasteiger partial charge < -0.3 is 5.11 Å². The second kappa shape index (κ2) is 9.11. The number of thiazole rings is 1. The zero-order valence-corrected chi connectivity index (χ0v) is 15.9. The summed E-state index contributed by atoms with van der Waals surface area (Å²) >= 11 is 7.61. The number of aromatic nitrogens is 1. The van der Waals surface area contributed by atoms with Crippen LogP contribution in [0.3, 0.4) is 0 Å². The number of nitrogens with zero attached hydrogens (tertiary/aromatic N) is 1. The summed E-state index contributed by atoms with van der Waals surface area (Å²) in [4.78, 5) is 28.3. The van der Waals surface area contributed by atoms with E-state index in [0.717, 1.165) is 23.4 Å². The summed E-state index contributed by atoms with van der Waals surface area (Å²) < 4.78 is 0. The van der Waals surface area contributed by atoms with Gasteiger partial charge in [0.2, 0.25) is 0 Å². The molecule has 6 heteroatoms. The molecule has 0 aliphatic heterocycles. The van der Waals surface area contributed by atoms with Gasteiger partial charge in [-0.1, -0.05) is 56.5 Å². The Morgan fingerprint density at radius 3 is 2.52 bits per heavy atom. The van der Waals surface area contributed by atoms with Crippen LogP contribution in [0.1, 0.15) is 38.8 Å². The van der Waals surface area contributed by atoms with Gasteiger partial charge in [0.25, 0.3) is 0 Å². The fourth-order valence-electron chi connectivity index (χ4n) is 2.98. The van der Waals surface area contributed by atoms with Gasteiger partial charge in [0.05, 0.1) is 16.6 Å². The third-order valence-electron chi connectivity index (χ3n) is 4.42. The number of ketones is 1. The zero-order chi connectivity index (χ0) is 18.4. The Morgan fingerprint density at radius 1 is 1.24 bits per heavy atom. The van der Waals surface area contributed by atoms with Crippen LogP contribution >= 0.6 is 22.9 Å². The monoisotopic (exact) mass is 379 g/mol. The van der Waals surface area contributed by atoms with E-state index in [1.54, 1.807) is 6.07 Å². The Labute approximate surface area is 156 Å². The summed E-state index contributed by atoms with van der Waals surface area (Å²) in [5, 5.41) is 12.6. The van der Waals surface area contributed by atoms with Crippen LogP contribution in [0.25, 0.3) is 10.6 Å². The van der Waals surface area contributed by atoms with E-state index in [-0.39, 0.29) is 24.5 Å². The number of carbonyl (C=O) groups excluding carboxylic acids is 1. The third-order valence-corrected chi connectivity index (χ3v) is 5.67. The van der Waals surface area contributed by atoms with Crippen molar-refractivity contribution in [2.75, 3.05) is 0 Å². The number of Topliss-reactive ketones (excluding diaryl/α,β-unsaturated/α-hetero) is 1. The summed E-state index contributed by atoms with van der Waals surface area (Å²) in [6.45, 7) is 3.93. The molecule has 134 valence electrons. The molecule has 2 rings (SSSR count). The van der Waals surface area contributed by atoms with Crippen molar-refractivity contribution in [3.05, 3.63) is 40.4 Å². The molecule has 0 saturated heterocycles. The molecule has 4 nitrogen and oxygen atoms in total. The molecule has 2 aromatic rings. The lowest BCUT2D eigenvalue weighted by Gasteiger charge is -2.20. The first-order chi connectivity index (χ1) is 12.0. The maximum absolute atomic E-state index is 12.4. The van der Waals surface area contributed by atoms with Gasteiger partial charge in [0, 0.05) is 23.8 Å². The lowest BCUT2D eigenvalue weighted by atomic mass is 9.84. The molecular formula is C19H22ClNO3S. The number of hydrogen-bond acceptors (Lipinski definition) is 4. The lowest BCUT2D eigenvalue weighted by Crippen LogP contribution is -2.26. The van der Waals surface area contributed by atoms with Crippen molar-refractivity contribution in [3.8, 4) is 10.6 Å². The van der Waals surface area contributed by atoms with E-state index in [9.17, 15) is 14.7 Å². The van der Waals surface area contributed by atoms with Crippen molar-refractivity contribution in [3.63, 3.8) is 0 Å². The average Bonchev–Trinajstić information content (AvgIpc) is 3.03. The third kappa shape index (κ3) is 5.13. The predicted octanol–water partition coefficient (Wildman–Crippen LogP) is 5.10. The molecule has 1 unspecified atom stereocenters. The molecule has 0 fully saturated rings. The normalized spacial score (nSPS) is 12.3. The van der Waals surface area contributed by atoms with Crippen LogP contribution in [0.5, 0.6) is 0 Å². The SMILES string of the molecule is CCC(CC)C(CC(=O)Cc1csc(-c2ccccc2Cl)n1)C(=O)O. The fraction of sp³-hybridized carbons (Fsp3) is 0.421. The van der Waals surface area contributed by atoms with E-state index >= 15 is 0 Å². The van der Waals surface area contributed by atoms with Crippen LogP contribution in [0, 0.1) is 11.8 Å². The number of carboxylic acid groups (broad SMARTS) is 1. The van der Waals surface area contributed by atoms with Crippen LogP contribution in [0.2, 0.25) is 5.02 Å². The Balaban J connectivity index is 2.06. The quantitative estimate of drug-likeness (QED) is 0.657. The molecule has 0 aliphatic carbocycles. The molecule has 0 saturated carbocycles. The van der Waals surface area contributed by atoms with Gasteiger partial charge in [0.1, 0.15) is 10.8 Å². The number of hydrogen-bond donors (Lipinski definition) is 1. The fourth-order valence-corrected chi connectivity index (χ4v) is 4.12. The molecule has 25 heavy (non-hydrogen) atoms. The number of carboxylic acids is 1. The van der Waals surface area contributed by atoms with Crippen LogP contribution in [0.4, 0.5) is 0 Å². The molecule has 0 amide bonds. The van der Waals surface area contributed by atoms with Gasteiger partial charge in [-0.3, -0.25) is 9.59 Å². The van der Waals surface area contributed by atoms with E-state index in [4.69, 9.17) is 11.6 Å². The highest BCUT2D eigenvalue weighted by Crippen LogP contribution is 2.30. The van der Waals surface area contributed by atoms with E-state index in [1.165, 1.54) is 11.3 Å². The molecule has 1 aromatic carbocycles. The first-order valence-corrected chi connectivity index (χ1v) is 9.65. The molecule has 1 heterocycles. The van der Waals surface area contributed by atoms with Gasteiger partial charge in [0.15, 0.2) is 0 Å². The van der Waals surface area contributed by atoms with Crippen molar-refractivity contribution in [1.29, 1.82) is 0 Å². The Bertz CT molecular complexity index is 740. The van der Waals surface area contributed by atoms with Crippen molar-refractivity contribution in [1.82, 2.24) is 4.98 Å². The minimum Gasteiger partial charge on any atom is -0.481 e. The smallest absolute Gasteiger partial charge is 0.307 e. The van der Waals surface area contributed by atoms with Crippen molar-refractivity contribution in [2.45, 2.75) is 39.5 Å². The van der Waals surface area contributed by atoms with E-state index in [1.807, 2.05) is 37.4 Å². The zero-order valence-electron chi connectivity index (χ0n) is 14.4. The standard InChI is InChI=1S/C19H22ClNO3S/c1-3-12(4-2)16(19(23)24)10-14(22)9-13-11-25-18(21-13)15-7-5-6-8-17(15)20/h5-8,11-12,16H,3-4,9-10H2,1-2H3,(H,23,24). The molecule has 0 aliphatic rings. The predicted molar refractivity (Wildman–Crippen MR) is 101 cm³/mol. The Morgan fingerprint density at radius 2 is 1.92 bits per heavy atom. The van der Waals surface area contributed by atoms with E-state index in [0.29, 0.717) is 10.7 Å². The molecule has 0 radical (unpaired) electrons. The highest BCUT2D eigenvalue weighted by atomic mass is 35.5. The second-order valence-corrected chi connectivity index (χ2v) is 7.33. The number of aliphatic carboxylic acids is 1. The van der Waals surface area contributed by atoms with Gasteiger partial charge >= 0.3 is 5.97 Å². The van der Waals surface area contributed by atoms with Gasteiger partial charge in [-0.25, -0.2) is 4.98 Å². The van der Waals surface area contributed by atoms with Gasteiger partial charge in [-0.05, 0) is 12.0 Å². The minimum absolute atomic E-state index is 0.0237. The maximum atomic E-state index is 12.4. The molecule has 1 N–H and O–H groups in total. The molecule has 0 bridgehead atoms. The molecule has 1 aromatic heterocycles. The Hall–Kier alpha value is -1.72. The second-order valence-electron chi connectivity index (χ2n) is 6.06. The van der Waals surface area contributed by atoms with Crippen LogP contribution in [-0.2, 0) is 16.0 Å². The molecule has 0 spiro atoms. The van der Waals surface area contributed by atoms with Crippen LogP contribution in [-0.4, -0.2) is 21.8 Å². The summed E-state index contributed by atoms with van der Waals surface area (Å²) in [6, 6.07) is 7.44. The number of rotatable bonds is 9. The van der Waals surface area contributed by atoms with Gasteiger partial charge in [-0.2, -0.15) is 0 Å². The van der Waals surface area contributed by atoms with Crippen molar-refractivity contribution >= 4 is 34.7 Å². The summed E-state index contributed by atoms with van der Waals surface area (Å²) in [6.07, 6.45) is 1.73. The van der Waals surface area contributed by atoms with Crippen LogP contribution < -0.4 is 0 Å². The topological polar surface area (TPSA) is 67.3 Å². The molecule has 1 atom stereocenters. The van der Waals surface area contributed by atoms with Crippen LogP contribution in [0.15, 0.2) is 29.6 Å². The highest BCUT2D eigenvalue weighted by molar-refractivity contribution is 7.13. The van der Waals surface area contributed by atoms with E-state index in [2.05, 4.69) is 4.98 Å². The number of halogens is 1. The van der Waals surface area contributed by atoms with Gasteiger partial charge in [-0.15, -0.1) is 11.3 Å². The maximum Gasteiger partial charge on any atom is 0.307 e. The summed E-state index contributed by atoms with van der Waals surface area (Å²) in [5.41, 5.74) is 1.51. The van der Waals surface area contributed by atoms with Crippen molar-refractivity contribution in [2.24, 2.45) is 11.8 Å². The summed E-state index contributed by atoms with van der Waals surface area (Å²) in [7, 11) is 0. The number of benzene rings is 1. The minimum atomic E-state index is -0.892. The first-order valence-electron chi connectivity index (χ1n) is 8.40.